The SMILES string of the molecule is CSCC[C@@H](N)[C@@H](O)C(=O)N(C)CCc1ccccc1.Cl. The number of aliphatic hydroxyl groups excluding tert-OH is 1. The maximum atomic E-state index is 12.1. The molecule has 1 aromatic carbocycles. The van der Waals surface area contributed by atoms with E-state index in [-0.39, 0.29) is 18.3 Å². The maximum Gasteiger partial charge on any atom is 0.252 e. The van der Waals surface area contributed by atoms with Crippen LogP contribution in [-0.2, 0) is 11.2 Å². The molecule has 0 aliphatic heterocycles. The van der Waals surface area contributed by atoms with Gasteiger partial charge in [0, 0.05) is 19.6 Å². The van der Waals surface area contributed by atoms with Gasteiger partial charge in [0.15, 0.2) is 0 Å². The number of halogens is 1. The molecule has 0 radical (unpaired) electrons. The lowest BCUT2D eigenvalue weighted by Gasteiger charge is -2.24. The van der Waals surface area contributed by atoms with Crippen molar-refractivity contribution in [1.29, 1.82) is 0 Å². The molecule has 0 saturated carbocycles. The van der Waals surface area contributed by atoms with Crippen LogP contribution in [-0.4, -0.2) is 53.7 Å². The largest absolute Gasteiger partial charge is 0.382 e. The van der Waals surface area contributed by atoms with Gasteiger partial charge >= 0.3 is 0 Å². The van der Waals surface area contributed by atoms with Crippen LogP contribution in [0.3, 0.4) is 0 Å². The Morgan fingerprint density at radius 3 is 2.57 bits per heavy atom. The van der Waals surface area contributed by atoms with E-state index in [0.29, 0.717) is 13.0 Å². The Kier molecular flexibility index (Phi) is 10.5. The van der Waals surface area contributed by atoms with E-state index in [4.69, 9.17) is 5.73 Å². The van der Waals surface area contributed by atoms with Crippen LogP contribution < -0.4 is 5.73 Å². The van der Waals surface area contributed by atoms with Gasteiger partial charge in [-0.25, -0.2) is 0 Å². The Morgan fingerprint density at radius 2 is 2.00 bits per heavy atom. The second kappa shape index (κ2) is 10.9. The normalized spacial score (nSPS) is 13.1. The Morgan fingerprint density at radius 1 is 1.38 bits per heavy atom. The first kappa shape index (κ1) is 20.2. The van der Waals surface area contributed by atoms with Gasteiger partial charge in [-0.2, -0.15) is 11.8 Å². The summed E-state index contributed by atoms with van der Waals surface area (Å²) < 4.78 is 0. The molecule has 1 aromatic rings. The van der Waals surface area contributed by atoms with E-state index in [1.807, 2.05) is 36.6 Å². The van der Waals surface area contributed by atoms with Crippen LogP contribution in [0.15, 0.2) is 30.3 Å². The molecule has 21 heavy (non-hydrogen) atoms. The van der Waals surface area contributed by atoms with Crippen molar-refractivity contribution in [3.8, 4) is 0 Å². The van der Waals surface area contributed by atoms with Gasteiger partial charge in [-0.1, -0.05) is 30.3 Å². The maximum absolute atomic E-state index is 12.1. The molecule has 1 rings (SSSR count). The second-order valence-electron chi connectivity index (χ2n) is 4.89. The highest BCUT2D eigenvalue weighted by Crippen LogP contribution is 2.06. The van der Waals surface area contributed by atoms with Gasteiger partial charge in [0.1, 0.15) is 6.10 Å². The number of amides is 1. The zero-order valence-corrected chi connectivity index (χ0v) is 14.2. The third kappa shape index (κ3) is 7.18. The van der Waals surface area contributed by atoms with Gasteiger partial charge in [-0.05, 0) is 30.4 Å². The number of rotatable bonds is 8. The number of hydrogen-bond donors (Lipinski definition) is 2. The molecule has 1 amide bonds. The quantitative estimate of drug-likeness (QED) is 0.758. The highest BCUT2D eigenvalue weighted by atomic mass is 35.5. The number of aliphatic hydroxyl groups is 1. The first-order valence-electron chi connectivity index (χ1n) is 6.77. The second-order valence-corrected chi connectivity index (χ2v) is 5.87. The average molecular weight is 333 g/mol. The third-order valence-corrected chi connectivity index (χ3v) is 3.91. The monoisotopic (exact) mass is 332 g/mol. The van der Waals surface area contributed by atoms with Gasteiger partial charge < -0.3 is 15.7 Å². The van der Waals surface area contributed by atoms with Crippen LogP contribution in [0, 0.1) is 0 Å². The summed E-state index contributed by atoms with van der Waals surface area (Å²) >= 11 is 1.66. The highest BCUT2D eigenvalue weighted by Gasteiger charge is 2.25. The van der Waals surface area contributed by atoms with Crippen molar-refractivity contribution in [1.82, 2.24) is 4.90 Å². The molecule has 120 valence electrons. The number of benzene rings is 1. The molecule has 0 spiro atoms. The fourth-order valence-electron chi connectivity index (χ4n) is 1.87. The van der Waals surface area contributed by atoms with Crippen LogP contribution in [0.1, 0.15) is 12.0 Å². The molecular formula is C15H25ClN2O2S. The van der Waals surface area contributed by atoms with E-state index in [9.17, 15) is 9.90 Å². The van der Waals surface area contributed by atoms with Gasteiger partial charge in [-0.15, -0.1) is 12.4 Å². The molecule has 0 aliphatic rings. The van der Waals surface area contributed by atoms with E-state index in [1.54, 1.807) is 23.7 Å². The lowest BCUT2D eigenvalue weighted by molar-refractivity contribution is -0.139. The molecule has 4 nitrogen and oxygen atoms in total. The van der Waals surface area contributed by atoms with Gasteiger partial charge in [0.25, 0.3) is 5.91 Å². The fourth-order valence-corrected chi connectivity index (χ4v) is 2.38. The Bertz CT molecular complexity index is 406. The van der Waals surface area contributed by atoms with Gasteiger partial charge in [0.2, 0.25) is 0 Å². The van der Waals surface area contributed by atoms with Crippen molar-refractivity contribution in [3.63, 3.8) is 0 Å². The molecule has 0 bridgehead atoms. The molecule has 2 atom stereocenters. The topological polar surface area (TPSA) is 66.6 Å². The highest BCUT2D eigenvalue weighted by molar-refractivity contribution is 7.98. The number of hydrogen-bond acceptors (Lipinski definition) is 4. The molecular weight excluding hydrogens is 308 g/mol. The van der Waals surface area contributed by atoms with Crippen LogP contribution in [0.4, 0.5) is 0 Å². The molecule has 0 heterocycles. The Labute approximate surface area is 137 Å². The minimum Gasteiger partial charge on any atom is -0.382 e. The zero-order valence-electron chi connectivity index (χ0n) is 12.6. The fraction of sp³-hybridized carbons (Fsp3) is 0.533. The van der Waals surface area contributed by atoms with Gasteiger partial charge in [-0.3, -0.25) is 4.79 Å². The third-order valence-electron chi connectivity index (χ3n) is 3.27. The molecule has 6 heteroatoms. The lowest BCUT2D eigenvalue weighted by atomic mass is 10.1. The molecule has 0 unspecified atom stereocenters. The summed E-state index contributed by atoms with van der Waals surface area (Å²) in [5.74, 6) is 0.550. The Hall–Kier alpha value is -0.750. The lowest BCUT2D eigenvalue weighted by Crippen LogP contribution is -2.47. The van der Waals surface area contributed by atoms with Crippen LogP contribution in [0.5, 0.6) is 0 Å². The predicted molar refractivity (Wildman–Crippen MR) is 92.0 cm³/mol. The summed E-state index contributed by atoms with van der Waals surface area (Å²) in [5, 5.41) is 9.95. The first-order valence-corrected chi connectivity index (χ1v) is 8.17. The van der Waals surface area contributed by atoms with Crippen molar-refractivity contribution in [2.75, 3.05) is 25.6 Å². The minimum absolute atomic E-state index is 0. The van der Waals surface area contributed by atoms with Crippen molar-refractivity contribution >= 4 is 30.1 Å². The van der Waals surface area contributed by atoms with E-state index in [2.05, 4.69) is 0 Å². The standard InChI is InChI=1S/C15H24N2O2S.ClH/c1-17(10-8-12-6-4-3-5-7-12)15(19)14(18)13(16)9-11-20-2;/h3-7,13-14,18H,8-11,16H2,1-2H3;1H/t13-,14-;/m1./s1. The average Bonchev–Trinajstić information content (AvgIpc) is 2.49. The number of carbonyl (C=O) groups excluding carboxylic acids is 1. The predicted octanol–water partition coefficient (Wildman–Crippen LogP) is 1.55. The number of carbonyl (C=O) groups is 1. The van der Waals surface area contributed by atoms with Crippen molar-refractivity contribution in [2.45, 2.75) is 25.0 Å². The smallest absolute Gasteiger partial charge is 0.252 e. The number of nitrogens with two attached hydrogens (primary N) is 1. The molecule has 0 fully saturated rings. The molecule has 3 N–H and O–H groups in total. The summed E-state index contributed by atoms with van der Waals surface area (Å²) in [6.07, 6.45) is 2.28. The summed E-state index contributed by atoms with van der Waals surface area (Å²) in [6.45, 7) is 0.579. The number of thioether (sulfide) groups is 1. The first-order chi connectivity index (χ1) is 9.56. The van der Waals surface area contributed by atoms with Crippen LogP contribution >= 0.6 is 24.2 Å². The summed E-state index contributed by atoms with van der Waals surface area (Å²) in [7, 11) is 1.70. The van der Waals surface area contributed by atoms with Crippen molar-refractivity contribution < 1.29 is 9.90 Å². The molecule has 0 saturated heterocycles. The zero-order chi connectivity index (χ0) is 15.0. The van der Waals surface area contributed by atoms with E-state index in [1.165, 1.54) is 5.56 Å². The number of likely N-dealkylation sites (N-methyl/N-ethyl adjacent to an activating group) is 1. The minimum atomic E-state index is -1.11. The van der Waals surface area contributed by atoms with Gasteiger partial charge in [0.05, 0.1) is 0 Å². The van der Waals surface area contributed by atoms with E-state index in [0.717, 1.165) is 12.2 Å². The van der Waals surface area contributed by atoms with Crippen LogP contribution in [0.2, 0.25) is 0 Å². The van der Waals surface area contributed by atoms with E-state index >= 15 is 0 Å². The van der Waals surface area contributed by atoms with Crippen LogP contribution in [0.25, 0.3) is 0 Å². The van der Waals surface area contributed by atoms with Crippen molar-refractivity contribution in [3.05, 3.63) is 35.9 Å². The van der Waals surface area contributed by atoms with E-state index < -0.39 is 12.1 Å². The summed E-state index contributed by atoms with van der Waals surface area (Å²) in [6, 6.07) is 9.48. The number of nitrogens with zero attached hydrogens (tertiary/aromatic N) is 1. The Balaban J connectivity index is 0.00000400. The molecule has 0 aliphatic carbocycles. The van der Waals surface area contributed by atoms with Crippen molar-refractivity contribution in [2.24, 2.45) is 5.73 Å². The summed E-state index contributed by atoms with van der Waals surface area (Å²) in [4.78, 5) is 13.6. The summed E-state index contributed by atoms with van der Waals surface area (Å²) in [5.41, 5.74) is 7.01. The molecule has 0 aromatic heterocycles.